The fourth-order valence-corrected chi connectivity index (χ4v) is 2.93. The average molecular weight is 284 g/mol. The standard InChI is InChI=1S/C15H19F3N2/c16-12-8-11(9-13(17)15(12)18)14(7-10-1-2-10)20-5-3-19-4-6-20/h8-10,14,19H,1-7H2/t14-/m0/s1. The van der Waals surface area contributed by atoms with Crippen molar-refractivity contribution in [3.8, 4) is 0 Å². The highest BCUT2D eigenvalue weighted by Crippen LogP contribution is 2.40. The molecule has 0 unspecified atom stereocenters. The number of nitrogens with zero attached hydrogens (tertiary/aromatic N) is 1. The van der Waals surface area contributed by atoms with Crippen LogP contribution in [0, 0.1) is 23.4 Å². The topological polar surface area (TPSA) is 15.3 Å². The quantitative estimate of drug-likeness (QED) is 0.855. The Morgan fingerprint density at radius 3 is 2.25 bits per heavy atom. The maximum Gasteiger partial charge on any atom is 0.194 e. The highest BCUT2D eigenvalue weighted by molar-refractivity contribution is 5.23. The molecule has 1 saturated heterocycles. The molecule has 1 aromatic rings. The minimum absolute atomic E-state index is 0.00537. The maximum absolute atomic E-state index is 13.5. The first-order valence-electron chi connectivity index (χ1n) is 7.24. The zero-order valence-electron chi connectivity index (χ0n) is 11.3. The summed E-state index contributed by atoms with van der Waals surface area (Å²) in [6, 6.07) is 2.32. The van der Waals surface area contributed by atoms with Gasteiger partial charge in [0.25, 0.3) is 0 Å². The number of rotatable bonds is 4. The number of nitrogens with one attached hydrogen (secondary N) is 1. The molecule has 0 radical (unpaired) electrons. The third kappa shape index (κ3) is 2.99. The van der Waals surface area contributed by atoms with Gasteiger partial charge in [-0.15, -0.1) is 0 Å². The van der Waals surface area contributed by atoms with Gasteiger partial charge < -0.3 is 5.32 Å². The molecule has 1 aliphatic carbocycles. The third-order valence-corrected chi connectivity index (χ3v) is 4.24. The highest BCUT2D eigenvalue weighted by atomic mass is 19.2. The molecule has 1 aliphatic heterocycles. The Bertz CT molecular complexity index is 459. The van der Waals surface area contributed by atoms with Gasteiger partial charge in [0, 0.05) is 32.2 Å². The van der Waals surface area contributed by atoms with Gasteiger partial charge in [0.15, 0.2) is 17.5 Å². The van der Waals surface area contributed by atoms with Crippen molar-refractivity contribution in [3.05, 3.63) is 35.1 Å². The Hall–Kier alpha value is -1.07. The molecule has 20 heavy (non-hydrogen) atoms. The fraction of sp³-hybridized carbons (Fsp3) is 0.600. The summed E-state index contributed by atoms with van der Waals surface area (Å²) in [6.45, 7) is 3.48. The van der Waals surface area contributed by atoms with Crippen LogP contribution in [0.3, 0.4) is 0 Å². The average Bonchev–Trinajstić information content (AvgIpc) is 3.27. The second-order valence-corrected chi connectivity index (χ2v) is 5.78. The van der Waals surface area contributed by atoms with E-state index < -0.39 is 17.5 Å². The van der Waals surface area contributed by atoms with E-state index >= 15 is 0 Å². The van der Waals surface area contributed by atoms with Crippen LogP contribution in [0.1, 0.15) is 30.9 Å². The molecule has 0 bridgehead atoms. The number of benzene rings is 1. The fourth-order valence-electron chi connectivity index (χ4n) is 2.93. The lowest BCUT2D eigenvalue weighted by Gasteiger charge is -2.35. The zero-order chi connectivity index (χ0) is 14.1. The largest absolute Gasteiger partial charge is 0.314 e. The molecule has 1 atom stereocenters. The number of hydrogen-bond donors (Lipinski definition) is 1. The van der Waals surface area contributed by atoms with Crippen molar-refractivity contribution in [1.29, 1.82) is 0 Å². The second-order valence-electron chi connectivity index (χ2n) is 5.78. The Kier molecular flexibility index (Phi) is 3.98. The Labute approximate surface area is 117 Å². The normalized spacial score (nSPS) is 21.9. The first kappa shape index (κ1) is 13.9. The third-order valence-electron chi connectivity index (χ3n) is 4.24. The summed E-state index contributed by atoms with van der Waals surface area (Å²) in [6.07, 6.45) is 3.29. The van der Waals surface area contributed by atoms with E-state index in [1.807, 2.05) is 0 Å². The molecule has 0 amide bonds. The lowest BCUT2D eigenvalue weighted by Crippen LogP contribution is -2.45. The molecule has 3 rings (SSSR count). The first-order valence-corrected chi connectivity index (χ1v) is 7.24. The summed E-state index contributed by atoms with van der Waals surface area (Å²) in [5, 5.41) is 3.27. The van der Waals surface area contributed by atoms with Gasteiger partial charge in [-0.25, -0.2) is 13.2 Å². The number of hydrogen-bond acceptors (Lipinski definition) is 2. The van der Waals surface area contributed by atoms with E-state index in [-0.39, 0.29) is 6.04 Å². The predicted molar refractivity (Wildman–Crippen MR) is 70.8 cm³/mol. The molecular weight excluding hydrogens is 265 g/mol. The lowest BCUT2D eigenvalue weighted by atomic mass is 9.98. The van der Waals surface area contributed by atoms with Gasteiger partial charge in [0.1, 0.15) is 0 Å². The second kappa shape index (κ2) is 5.74. The van der Waals surface area contributed by atoms with Gasteiger partial charge in [-0.05, 0) is 30.0 Å². The van der Waals surface area contributed by atoms with Gasteiger partial charge in [-0.2, -0.15) is 0 Å². The Morgan fingerprint density at radius 1 is 1.10 bits per heavy atom. The molecule has 5 heteroatoms. The molecule has 2 aliphatic rings. The van der Waals surface area contributed by atoms with Gasteiger partial charge in [0.2, 0.25) is 0 Å². The van der Waals surface area contributed by atoms with Crippen LogP contribution in [-0.4, -0.2) is 31.1 Å². The molecular formula is C15H19F3N2. The smallest absolute Gasteiger partial charge is 0.194 e. The van der Waals surface area contributed by atoms with E-state index in [2.05, 4.69) is 10.2 Å². The monoisotopic (exact) mass is 284 g/mol. The van der Waals surface area contributed by atoms with Gasteiger partial charge in [-0.1, -0.05) is 12.8 Å². The summed E-state index contributed by atoms with van der Waals surface area (Å²) in [4.78, 5) is 2.25. The predicted octanol–water partition coefficient (Wildman–Crippen LogP) is 2.85. The molecule has 0 spiro atoms. The first-order chi connectivity index (χ1) is 9.65. The van der Waals surface area contributed by atoms with Crippen molar-refractivity contribution >= 4 is 0 Å². The van der Waals surface area contributed by atoms with Crippen molar-refractivity contribution in [2.24, 2.45) is 5.92 Å². The summed E-state index contributed by atoms with van der Waals surface area (Å²) in [5.74, 6) is -2.91. The van der Waals surface area contributed by atoms with E-state index in [0.29, 0.717) is 11.5 Å². The SMILES string of the molecule is Fc1cc([C@H](CC2CC2)N2CCNCC2)cc(F)c1F. The maximum atomic E-state index is 13.5. The van der Waals surface area contributed by atoms with Crippen molar-refractivity contribution < 1.29 is 13.2 Å². The van der Waals surface area contributed by atoms with Crippen LogP contribution in [-0.2, 0) is 0 Å². The Balaban J connectivity index is 1.87. The number of halogens is 3. The van der Waals surface area contributed by atoms with E-state index in [9.17, 15) is 13.2 Å². The summed E-state index contributed by atoms with van der Waals surface area (Å²) in [7, 11) is 0. The van der Waals surface area contributed by atoms with E-state index in [0.717, 1.165) is 44.7 Å². The molecule has 1 aromatic carbocycles. The molecule has 1 heterocycles. The molecule has 1 N–H and O–H groups in total. The van der Waals surface area contributed by atoms with Gasteiger partial charge >= 0.3 is 0 Å². The minimum Gasteiger partial charge on any atom is -0.314 e. The Morgan fingerprint density at radius 2 is 1.70 bits per heavy atom. The number of piperazine rings is 1. The van der Waals surface area contributed by atoms with E-state index in [1.165, 1.54) is 12.8 Å². The van der Waals surface area contributed by atoms with Gasteiger partial charge in [-0.3, -0.25) is 4.90 Å². The van der Waals surface area contributed by atoms with Gasteiger partial charge in [0.05, 0.1) is 0 Å². The molecule has 1 saturated carbocycles. The summed E-state index contributed by atoms with van der Waals surface area (Å²) < 4.78 is 40.1. The van der Waals surface area contributed by atoms with Crippen molar-refractivity contribution in [3.63, 3.8) is 0 Å². The zero-order valence-corrected chi connectivity index (χ0v) is 11.3. The van der Waals surface area contributed by atoms with Crippen LogP contribution >= 0.6 is 0 Å². The highest BCUT2D eigenvalue weighted by Gasteiger charge is 2.31. The molecule has 0 aromatic heterocycles. The summed E-state index contributed by atoms with van der Waals surface area (Å²) in [5.41, 5.74) is 0.565. The van der Waals surface area contributed by atoms with Crippen molar-refractivity contribution in [1.82, 2.24) is 10.2 Å². The van der Waals surface area contributed by atoms with Crippen LogP contribution in [0.25, 0.3) is 0 Å². The van der Waals surface area contributed by atoms with Crippen LogP contribution < -0.4 is 5.32 Å². The van der Waals surface area contributed by atoms with Crippen molar-refractivity contribution in [2.45, 2.75) is 25.3 Å². The van der Waals surface area contributed by atoms with E-state index in [1.54, 1.807) is 0 Å². The molecule has 110 valence electrons. The van der Waals surface area contributed by atoms with Crippen LogP contribution in [0.4, 0.5) is 13.2 Å². The summed E-state index contributed by atoms with van der Waals surface area (Å²) >= 11 is 0. The molecule has 2 fully saturated rings. The van der Waals surface area contributed by atoms with E-state index in [4.69, 9.17) is 0 Å². The minimum atomic E-state index is -1.38. The van der Waals surface area contributed by atoms with Crippen LogP contribution in [0.15, 0.2) is 12.1 Å². The van der Waals surface area contributed by atoms with Crippen LogP contribution in [0.2, 0.25) is 0 Å². The molecule has 2 nitrogen and oxygen atoms in total. The van der Waals surface area contributed by atoms with Crippen molar-refractivity contribution in [2.75, 3.05) is 26.2 Å². The lowest BCUT2D eigenvalue weighted by molar-refractivity contribution is 0.159. The van der Waals surface area contributed by atoms with Crippen LogP contribution in [0.5, 0.6) is 0 Å².